The molecular formula is C13H8F3NO2S. The van der Waals surface area contributed by atoms with Crippen molar-refractivity contribution in [3.63, 3.8) is 0 Å². The number of thiazole rings is 1. The highest BCUT2D eigenvalue weighted by atomic mass is 32.1. The number of ketones is 1. The van der Waals surface area contributed by atoms with E-state index < -0.39 is 11.9 Å². The van der Waals surface area contributed by atoms with E-state index in [9.17, 15) is 18.0 Å². The van der Waals surface area contributed by atoms with E-state index in [-0.39, 0.29) is 11.0 Å². The number of rotatable bonds is 2. The maximum Gasteiger partial charge on any atom is 0.434 e. The SMILES string of the molecule is O=C1CCc2cc(Oc3nc(C(F)(F)F)cs3)ccc21. The molecule has 3 rings (SSSR count). The number of nitrogens with zero attached hydrogens (tertiary/aromatic N) is 1. The molecule has 0 atom stereocenters. The highest BCUT2D eigenvalue weighted by Crippen LogP contribution is 2.35. The molecule has 1 aromatic carbocycles. The molecular weight excluding hydrogens is 291 g/mol. The number of Topliss-reactive ketones (excluding diaryl/α,β-unsaturated/α-hetero) is 1. The molecule has 1 aliphatic carbocycles. The number of benzene rings is 1. The summed E-state index contributed by atoms with van der Waals surface area (Å²) in [4.78, 5) is 14.9. The van der Waals surface area contributed by atoms with E-state index in [1.807, 2.05) is 0 Å². The molecule has 0 saturated heterocycles. The first-order valence-corrected chi connectivity index (χ1v) is 6.68. The number of halogens is 3. The minimum atomic E-state index is -4.47. The second-order valence-corrected chi connectivity index (χ2v) is 5.16. The van der Waals surface area contributed by atoms with Gasteiger partial charge in [-0.25, -0.2) is 0 Å². The number of carbonyl (C=O) groups excluding carboxylic acids is 1. The topological polar surface area (TPSA) is 39.2 Å². The van der Waals surface area contributed by atoms with Crippen LogP contribution in [0.1, 0.15) is 28.0 Å². The lowest BCUT2D eigenvalue weighted by molar-refractivity contribution is -0.140. The third kappa shape index (κ3) is 2.40. The normalized spacial score (nSPS) is 14.4. The Bertz CT molecular complexity index is 678. The Kier molecular flexibility index (Phi) is 3.01. The lowest BCUT2D eigenvalue weighted by Crippen LogP contribution is -2.04. The molecule has 0 radical (unpaired) electrons. The van der Waals surface area contributed by atoms with Gasteiger partial charge in [0.05, 0.1) is 0 Å². The third-order valence-electron chi connectivity index (χ3n) is 2.98. The van der Waals surface area contributed by atoms with Gasteiger partial charge in [-0.05, 0) is 30.2 Å². The quantitative estimate of drug-likeness (QED) is 0.838. The van der Waals surface area contributed by atoms with Gasteiger partial charge in [-0.2, -0.15) is 18.2 Å². The molecule has 1 heterocycles. The van der Waals surface area contributed by atoms with Crippen molar-refractivity contribution in [2.24, 2.45) is 0 Å². The maximum atomic E-state index is 12.4. The van der Waals surface area contributed by atoms with Gasteiger partial charge in [0.25, 0.3) is 5.19 Å². The van der Waals surface area contributed by atoms with Crippen LogP contribution in [0.2, 0.25) is 0 Å². The Balaban J connectivity index is 1.82. The van der Waals surface area contributed by atoms with Crippen LogP contribution in [-0.4, -0.2) is 10.8 Å². The Morgan fingerprint density at radius 3 is 2.75 bits per heavy atom. The summed E-state index contributed by atoms with van der Waals surface area (Å²) in [5.74, 6) is 0.474. The molecule has 0 saturated carbocycles. The number of fused-ring (bicyclic) bond motifs is 1. The molecule has 7 heteroatoms. The van der Waals surface area contributed by atoms with E-state index in [4.69, 9.17) is 4.74 Å². The van der Waals surface area contributed by atoms with Crippen molar-refractivity contribution < 1.29 is 22.7 Å². The fraction of sp³-hybridized carbons (Fsp3) is 0.231. The predicted octanol–water partition coefficient (Wildman–Crippen LogP) is 4.08. The molecule has 0 bridgehead atoms. The Labute approximate surface area is 116 Å². The minimum absolute atomic E-state index is 0.0680. The molecule has 0 spiro atoms. The lowest BCUT2D eigenvalue weighted by atomic mass is 10.1. The number of aromatic nitrogens is 1. The standard InChI is InChI=1S/C13H8F3NO2S/c14-13(15,16)11-6-20-12(17-11)19-8-2-3-9-7(5-8)1-4-10(9)18/h2-3,5-6H,1,4H2. The summed E-state index contributed by atoms with van der Waals surface area (Å²) < 4.78 is 42.6. The van der Waals surface area contributed by atoms with Crippen LogP contribution < -0.4 is 4.74 Å². The van der Waals surface area contributed by atoms with Gasteiger partial charge in [-0.3, -0.25) is 4.79 Å². The van der Waals surface area contributed by atoms with Gasteiger partial charge >= 0.3 is 6.18 Å². The first-order chi connectivity index (χ1) is 9.43. The van der Waals surface area contributed by atoms with Gasteiger partial charge in [0.1, 0.15) is 5.75 Å². The number of hydrogen-bond donors (Lipinski definition) is 0. The van der Waals surface area contributed by atoms with Crippen molar-refractivity contribution in [3.8, 4) is 10.9 Å². The molecule has 2 aromatic rings. The zero-order valence-corrected chi connectivity index (χ0v) is 10.8. The van der Waals surface area contributed by atoms with Crippen LogP contribution >= 0.6 is 11.3 Å². The zero-order valence-electron chi connectivity index (χ0n) is 10.0. The lowest BCUT2D eigenvalue weighted by Gasteiger charge is -2.04. The van der Waals surface area contributed by atoms with Crippen molar-refractivity contribution in [3.05, 3.63) is 40.4 Å². The maximum absolute atomic E-state index is 12.4. The number of aryl methyl sites for hydroxylation is 1. The highest BCUT2D eigenvalue weighted by Gasteiger charge is 2.34. The summed E-state index contributed by atoms with van der Waals surface area (Å²) in [5.41, 5.74) is 0.557. The zero-order chi connectivity index (χ0) is 14.3. The third-order valence-corrected chi connectivity index (χ3v) is 3.69. The van der Waals surface area contributed by atoms with Gasteiger partial charge in [0.15, 0.2) is 11.5 Å². The molecule has 0 N–H and O–H groups in total. The van der Waals surface area contributed by atoms with Gasteiger partial charge in [0.2, 0.25) is 0 Å². The smallest absolute Gasteiger partial charge is 0.431 e. The van der Waals surface area contributed by atoms with Crippen LogP contribution in [0, 0.1) is 0 Å². The molecule has 104 valence electrons. The van der Waals surface area contributed by atoms with E-state index in [1.54, 1.807) is 18.2 Å². The molecule has 20 heavy (non-hydrogen) atoms. The number of hydrogen-bond acceptors (Lipinski definition) is 4. The molecule has 0 unspecified atom stereocenters. The van der Waals surface area contributed by atoms with Gasteiger partial charge < -0.3 is 4.74 Å². The number of carbonyl (C=O) groups is 1. The van der Waals surface area contributed by atoms with Crippen LogP contribution in [0.5, 0.6) is 10.9 Å². The van der Waals surface area contributed by atoms with E-state index >= 15 is 0 Å². The van der Waals surface area contributed by atoms with E-state index in [0.717, 1.165) is 22.3 Å². The average Bonchev–Trinajstić information content (AvgIpc) is 2.97. The highest BCUT2D eigenvalue weighted by molar-refractivity contribution is 7.11. The fourth-order valence-corrected chi connectivity index (χ4v) is 2.72. The van der Waals surface area contributed by atoms with E-state index in [2.05, 4.69) is 4.98 Å². The second kappa shape index (κ2) is 4.59. The molecule has 0 amide bonds. The summed E-state index contributed by atoms with van der Waals surface area (Å²) >= 11 is 0.785. The van der Waals surface area contributed by atoms with Crippen LogP contribution in [0.4, 0.5) is 13.2 Å². The predicted molar refractivity (Wildman–Crippen MR) is 66.3 cm³/mol. The Morgan fingerprint density at radius 2 is 2.05 bits per heavy atom. The molecule has 0 aliphatic heterocycles. The molecule has 1 aromatic heterocycles. The fourth-order valence-electron chi connectivity index (χ4n) is 2.03. The van der Waals surface area contributed by atoms with Crippen molar-refractivity contribution >= 4 is 17.1 Å². The number of ether oxygens (including phenoxy) is 1. The van der Waals surface area contributed by atoms with Crippen LogP contribution in [0.3, 0.4) is 0 Å². The Hall–Kier alpha value is -1.89. The summed E-state index contributed by atoms with van der Waals surface area (Å²) in [7, 11) is 0. The molecule has 1 aliphatic rings. The summed E-state index contributed by atoms with van der Waals surface area (Å²) in [6, 6.07) is 4.88. The first kappa shape index (κ1) is 13.1. The summed E-state index contributed by atoms with van der Waals surface area (Å²) in [6.45, 7) is 0. The van der Waals surface area contributed by atoms with E-state index in [0.29, 0.717) is 24.2 Å². The minimum Gasteiger partial charge on any atom is -0.431 e. The van der Waals surface area contributed by atoms with Crippen molar-refractivity contribution in [1.82, 2.24) is 4.98 Å². The van der Waals surface area contributed by atoms with E-state index in [1.165, 1.54) is 0 Å². The monoisotopic (exact) mass is 299 g/mol. The van der Waals surface area contributed by atoms with Crippen molar-refractivity contribution in [2.45, 2.75) is 19.0 Å². The molecule has 3 nitrogen and oxygen atoms in total. The summed E-state index contributed by atoms with van der Waals surface area (Å²) in [6.07, 6.45) is -3.37. The summed E-state index contributed by atoms with van der Waals surface area (Å²) in [5, 5.41) is 0.841. The van der Waals surface area contributed by atoms with Gasteiger partial charge in [-0.1, -0.05) is 11.3 Å². The molecule has 0 fully saturated rings. The average molecular weight is 299 g/mol. The van der Waals surface area contributed by atoms with Crippen molar-refractivity contribution in [2.75, 3.05) is 0 Å². The second-order valence-electron chi connectivity index (χ2n) is 4.34. The van der Waals surface area contributed by atoms with Gasteiger partial charge in [0, 0.05) is 17.4 Å². The first-order valence-electron chi connectivity index (χ1n) is 5.80. The van der Waals surface area contributed by atoms with Crippen LogP contribution in [0.25, 0.3) is 0 Å². The van der Waals surface area contributed by atoms with Crippen molar-refractivity contribution in [1.29, 1.82) is 0 Å². The van der Waals surface area contributed by atoms with Crippen LogP contribution in [-0.2, 0) is 12.6 Å². The largest absolute Gasteiger partial charge is 0.434 e. The number of alkyl halides is 3. The Morgan fingerprint density at radius 1 is 1.25 bits per heavy atom. The van der Waals surface area contributed by atoms with Gasteiger partial charge in [-0.15, -0.1) is 0 Å². The van der Waals surface area contributed by atoms with Crippen LogP contribution in [0.15, 0.2) is 23.6 Å².